The highest BCUT2D eigenvalue weighted by atomic mass is 19.1. The Hall–Kier alpha value is -1.97. The highest BCUT2D eigenvalue weighted by molar-refractivity contribution is 5.86. The standard InChI is InChI=1S/C13H8F3N/c14-8-2-6-1-7-3-9(15)5-11(17)13(7)12(6)10(16)4-8/h2-5H,1,17H2. The van der Waals surface area contributed by atoms with Crippen molar-refractivity contribution in [1.82, 2.24) is 0 Å². The van der Waals surface area contributed by atoms with E-state index in [9.17, 15) is 13.2 Å². The molecule has 0 radical (unpaired) electrons. The molecule has 2 aromatic rings. The van der Waals surface area contributed by atoms with Crippen LogP contribution >= 0.6 is 0 Å². The van der Waals surface area contributed by atoms with Gasteiger partial charge in [0.15, 0.2) is 0 Å². The third-order valence-electron chi connectivity index (χ3n) is 2.98. The van der Waals surface area contributed by atoms with Gasteiger partial charge in [-0.05, 0) is 35.7 Å². The van der Waals surface area contributed by atoms with Crippen LogP contribution in [0.15, 0.2) is 24.3 Å². The lowest BCUT2D eigenvalue weighted by atomic mass is 10.0. The first kappa shape index (κ1) is 10.2. The molecule has 2 aromatic carbocycles. The number of hydrogen-bond acceptors (Lipinski definition) is 1. The third kappa shape index (κ3) is 1.40. The van der Waals surface area contributed by atoms with Crippen molar-refractivity contribution in [3.8, 4) is 11.1 Å². The first-order valence-corrected chi connectivity index (χ1v) is 5.12. The molecule has 0 amide bonds. The molecule has 0 saturated carbocycles. The van der Waals surface area contributed by atoms with E-state index in [0.29, 0.717) is 28.7 Å². The summed E-state index contributed by atoms with van der Waals surface area (Å²) in [6.07, 6.45) is 0.307. The van der Waals surface area contributed by atoms with Crippen molar-refractivity contribution in [1.29, 1.82) is 0 Å². The summed E-state index contributed by atoms with van der Waals surface area (Å²) in [6.45, 7) is 0. The number of halogens is 3. The fraction of sp³-hybridized carbons (Fsp3) is 0.0769. The Morgan fingerprint density at radius 2 is 1.41 bits per heavy atom. The largest absolute Gasteiger partial charge is 0.398 e. The van der Waals surface area contributed by atoms with Gasteiger partial charge < -0.3 is 5.73 Å². The third-order valence-corrected chi connectivity index (χ3v) is 2.98. The fourth-order valence-electron chi connectivity index (χ4n) is 2.38. The Balaban J connectivity index is 2.35. The predicted molar refractivity (Wildman–Crippen MR) is 59.0 cm³/mol. The van der Waals surface area contributed by atoms with Gasteiger partial charge in [-0.15, -0.1) is 0 Å². The molecule has 1 aliphatic rings. The molecular weight excluding hydrogens is 227 g/mol. The average molecular weight is 235 g/mol. The number of benzene rings is 2. The normalized spacial score (nSPS) is 12.4. The summed E-state index contributed by atoms with van der Waals surface area (Å²) in [7, 11) is 0. The predicted octanol–water partition coefficient (Wildman–Crippen LogP) is 3.26. The maximum Gasteiger partial charge on any atom is 0.134 e. The van der Waals surface area contributed by atoms with Gasteiger partial charge in [0, 0.05) is 22.9 Å². The first-order chi connectivity index (χ1) is 8.06. The maximum absolute atomic E-state index is 13.7. The van der Waals surface area contributed by atoms with Crippen LogP contribution < -0.4 is 5.73 Å². The van der Waals surface area contributed by atoms with Gasteiger partial charge in [-0.2, -0.15) is 0 Å². The van der Waals surface area contributed by atoms with Crippen molar-refractivity contribution in [3.63, 3.8) is 0 Å². The lowest BCUT2D eigenvalue weighted by Crippen LogP contribution is -1.94. The summed E-state index contributed by atoms with van der Waals surface area (Å²) in [6, 6.07) is 4.53. The summed E-state index contributed by atoms with van der Waals surface area (Å²) >= 11 is 0. The number of nitrogen functional groups attached to an aromatic ring is 1. The van der Waals surface area contributed by atoms with E-state index in [1.807, 2.05) is 0 Å². The monoisotopic (exact) mass is 235 g/mol. The number of anilines is 1. The van der Waals surface area contributed by atoms with Gasteiger partial charge in [-0.3, -0.25) is 0 Å². The van der Waals surface area contributed by atoms with E-state index in [-0.39, 0.29) is 5.69 Å². The number of nitrogens with two attached hydrogens (primary N) is 1. The highest BCUT2D eigenvalue weighted by Gasteiger charge is 2.25. The summed E-state index contributed by atoms with van der Waals surface area (Å²) in [4.78, 5) is 0. The van der Waals surface area contributed by atoms with Gasteiger partial charge in [0.1, 0.15) is 17.5 Å². The molecule has 86 valence electrons. The van der Waals surface area contributed by atoms with E-state index >= 15 is 0 Å². The van der Waals surface area contributed by atoms with Crippen LogP contribution in [0.25, 0.3) is 11.1 Å². The number of fused-ring (bicyclic) bond motifs is 3. The minimum absolute atomic E-state index is 0.184. The van der Waals surface area contributed by atoms with Crippen LogP contribution in [-0.2, 0) is 6.42 Å². The second kappa shape index (κ2) is 3.26. The molecule has 0 atom stereocenters. The zero-order chi connectivity index (χ0) is 12.2. The molecule has 0 unspecified atom stereocenters. The smallest absolute Gasteiger partial charge is 0.134 e. The van der Waals surface area contributed by atoms with E-state index in [2.05, 4.69) is 0 Å². The Labute approximate surface area is 95.7 Å². The van der Waals surface area contributed by atoms with Crippen molar-refractivity contribution in [2.45, 2.75) is 6.42 Å². The molecule has 2 N–H and O–H groups in total. The molecule has 0 heterocycles. The van der Waals surface area contributed by atoms with Crippen LogP contribution in [0.4, 0.5) is 18.9 Å². The molecule has 0 aromatic heterocycles. The van der Waals surface area contributed by atoms with Crippen molar-refractivity contribution >= 4 is 5.69 Å². The molecule has 0 spiro atoms. The minimum Gasteiger partial charge on any atom is -0.398 e. The highest BCUT2D eigenvalue weighted by Crippen LogP contribution is 2.42. The molecule has 1 nitrogen and oxygen atoms in total. The van der Waals surface area contributed by atoms with E-state index in [0.717, 1.165) is 12.1 Å². The summed E-state index contributed by atoms with van der Waals surface area (Å²) in [5.41, 5.74) is 7.76. The minimum atomic E-state index is -0.656. The Kier molecular flexibility index (Phi) is 1.96. The van der Waals surface area contributed by atoms with Crippen LogP contribution in [-0.4, -0.2) is 0 Å². The van der Waals surface area contributed by atoms with Gasteiger partial charge in [0.05, 0.1) is 0 Å². The van der Waals surface area contributed by atoms with Gasteiger partial charge in [0.25, 0.3) is 0 Å². The van der Waals surface area contributed by atoms with Crippen LogP contribution in [0.3, 0.4) is 0 Å². The quantitative estimate of drug-likeness (QED) is 0.595. The fourth-order valence-corrected chi connectivity index (χ4v) is 2.38. The summed E-state index contributed by atoms with van der Waals surface area (Å²) < 4.78 is 40.0. The van der Waals surface area contributed by atoms with E-state index in [1.165, 1.54) is 12.1 Å². The van der Waals surface area contributed by atoms with Crippen LogP contribution in [0.2, 0.25) is 0 Å². The van der Waals surface area contributed by atoms with Gasteiger partial charge in [-0.1, -0.05) is 0 Å². The Morgan fingerprint density at radius 3 is 2.12 bits per heavy atom. The first-order valence-electron chi connectivity index (χ1n) is 5.12. The molecule has 17 heavy (non-hydrogen) atoms. The summed E-state index contributed by atoms with van der Waals surface area (Å²) in [5.74, 6) is -1.75. The molecule has 3 rings (SSSR count). The number of rotatable bonds is 0. The second-order valence-electron chi connectivity index (χ2n) is 4.13. The topological polar surface area (TPSA) is 26.0 Å². The van der Waals surface area contributed by atoms with Crippen molar-refractivity contribution in [2.75, 3.05) is 5.73 Å². The summed E-state index contributed by atoms with van der Waals surface area (Å²) in [5, 5.41) is 0. The lowest BCUT2D eigenvalue weighted by Gasteiger charge is -2.06. The SMILES string of the molecule is Nc1cc(F)cc2c1-c1c(F)cc(F)cc1C2. The lowest BCUT2D eigenvalue weighted by molar-refractivity contribution is 0.584. The van der Waals surface area contributed by atoms with E-state index in [4.69, 9.17) is 5.73 Å². The molecule has 4 heteroatoms. The Morgan fingerprint density at radius 1 is 0.824 bits per heavy atom. The van der Waals surface area contributed by atoms with Gasteiger partial charge >= 0.3 is 0 Å². The number of hydrogen-bond donors (Lipinski definition) is 1. The van der Waals surface area contributed by atoms with Crippen LogP contribution in [0.1, 0.15) is 11.1 Å². The molecule has 1 aliphatic carbocycles. The van der Waals surface area contributed by atoms with Gasteiger partial charge in [0.2, 0.25) is 0 Å². The molecule has 0 bridgehead atoms. The van der Waals surface area contributed by atoms with Crippen LogP contribution in [0.5, 0.6) is 0 Å². The molecule has 0 saturated heterocycles. The van der Waals surface area contributed by atoms with E-state index in [1.54, 1.807) is 0 Å². The molecule has 0 fully saturated rings. The maximum atomic E-state index is 13.7. The van der Waals surface area contributed by atoms with E-state index < -0.39 is 17.5 Å². The van der Waals surface area contributed by atoms with Crippen molar-refractivity contribution in [2.24, 2.45) is 0 Å². The van der Waals surface area contributed by atoms with Crippen molar-refractivity contribution < 1.29 is 13.2 Å². The molecule has 0 aliphatic heterocycles. The Bertz CT molecular complexity index is 580. The zero-order valence-corrected chi connectivity index (χ0v) is 8.73. The molecular formula is C13H8F3N. The van der Waals surface area contributed by atoms with Crippen molar-refractivity contribution in [3.05, 3.63) is 52.8 Å². The second-order valence-corrected chi connectivity index (χ2v) is 4.13. The van der Waals surface area contributed by atoms with Crippen LogP contribution in [0, 0.1) is 17.5 Å². The zero-order valence-electron chi connectivity index (χ0n) is 8.73. The average Bonchev–Trinajstić information content (AvgIpc) is 2.55. The van der Waals surface area contributed by atoms with Gasteiger partial charge in [-0.25, -0.2) is 13.2 Å².